The average Bonchev–Trinajstić information content (AvgIpc) is 2.69. The Morgan fingerprint density at radius 3 is 2.52 bits per heavy atom. The van der Waals surface area contributed by atoms with Gasteiger partial charge in [-0.3, -0.25) is 0 Å². The summed E-state index contributed by atoms with van der Waals surface area (Å²) in [5.74, 6) is -0.891. The van der Waals surface area contributed by atoms with Crippen LogP contribution in [0.4, 0.5) is 0 Å². The summed E-state index contributed by atoms with van der Waals surface area (Å²) in [6.07, 6.45) is 1.77. The van der Waals surface area contributed by atoms with Crippen molar-refractivity contribution in [1.82, 2.24) is 4.98 Å². The maximum absolute atomic E-state index is 11.6. The molecule has 0 bridgehead atoms. The van der Waals surface area contributed by atoms with E-state index in [1.165, 1.54) is 5.56 Å². The Kier molecular flexibility index (Phi) is 4.10. The maximum atomic E-state index is 11.6. The van der Waals surface area contributed by atoms with Crippen molar-refractivity contribution in [2.24, 2.45) is 5.73 Å². The summed E-state index contributed by atoms with van der Waals surface area (Å²) in [5, 5.41) is 10.5. The van der Waals surface area contributed by atoms with Gasteiger partial charge in [-0.05, 0) is 55.0 Å². The molecule has 0 aliphatic rings. The normalized spacial score (nSPS) is 12.0. The van der Waals surface area contributed by atoms with Crippen LogP contribution in [0.1, 0.15) is 54.4 Å². The van der Waals surface area contributed by atoms with E-state index >= 15 is 0 Å². The number of aryl methyl sites for hydroxylation is 2. The fourth-order valence-electron chi connectivity index (χ4n) is 2.68. The fourth-order valence-corrected chi connectivity index (χ4v) is 2.68. The summed E-state index contributed by atoms with van der Waals surface area (Å²) < 4.78 is 0. The highest BCUT2D eigenvalue weighted by Gasteiger charge is 2.21. The fraction of sp³-hybridized carbons (Fsp3) is 0.471. The SMILES string of the molecule is Cc1[nH]c2c(C(=O)O)cc(C(C)(C)C)cc2c1CCCN. The van der Waals surface area contributed by atoms with E-state index in [0.717, 1.165) is 35.0 Å². The van der Waals surface area contributed by atoms with E-state index in [9.17, 15) is 9.90 Å². The van der Waals surface area contributed by atoms with Gasteiger partial charge < -0.3 is 15.8 Å². The Bertz CT molecular complexity index is 678. The number of aromatic amines is 1. The van der Waals surface area contributed by atoms with Gasteiger partial charge in [0.15, 0.2) is 0 Å². The van der Waals surface area contributed by atoms with E-state index < -0.39 is 5.97 Å². The van der Waals surface area contributed by atoms with Crippen molar-refractivity contribution >= 4 is 16.9 Å². The van der Waals surface area contributed by atoms with Gasteiger partial charge in [-0.1, -0.05) is 20.8 Å². The summed E-state index contributed by atoms with van der Waals surface area (Å²) in [6.45, 7) is 8.92. The van der Waals surface area contributed by atoms with Crippen LogP contribution in [-0.2, 0) is 11.8 Å². The number of benzene rings is 1. The Morgan fingerprint density at radius 2 is 2.00 bits per heavy atom. The number of carboxylic acids is 1. The highest BCUT2D eigenvalue weighted by atomic mass is 16.4. The highest BCUT2D eigenvalue weighted by molar-refractivity contribution is 6.04. The molecule has 21 heavy (non-hydrogen) atoms. The van der Waals surface area contributed by atoms with E-state index in [0.29, 0.717) is 12.1 Å². The molecule has 0 fully saturated rings. The minimum absolute atomic E-state index is 0.0886. The molecule has 0 radical (unpaired) electrons. The first-order valence-corrected chi connectivity index (χ1v) is 7.34. The molecule has 0 atom stereocenters. The highest BCUT2D eigenvalue weighted by Crippen LogP contribution is 2.32. The van der Waals surface area contributed by atoms with Crippen molar-refractivity contribution in [1.29, 1.82) is 0 Å². The minimum Gasteiger partial charge on any atom is -0.478 e. The smallest absolute Gasteiger partial charge is 0.337 e. The van der Waals surface area contributed by atoms with Crippen molar-refractivity contribution in [2.45, 2.75) is 46.0 Å². The summed E-state index contributed by atoms with van der Waals surface area (Å²) in [7, 11) is 0. The molecule has 1 heterocycles. The first-order chi connectivity index (χ1) is 9.75. The zero-order valence-electron chi connectivity index (χ0n) is 13.2. The van der Waals surface area contributed by atoms with Crippen LogP contribution < -0.4 is 5.73 Å². The van der Waals surface area contributed by atoms with E-state index in [4.69, 9.17) is 5.73 Å². The molecule has 4 nitrogen and oxygen atoms in total. The number of rotatable bonds is 4. The molecule has 0 saturated carbocycles. The van der Waals surface area contributed by atoms with Crippen molar-refractivity contribution in [3.8, 4) is 0 Å². The molecule has 0 aliphatic carbocycles. The molecule has 1 aromatic carbocycles. The van der Waals surface area contributed by atoms with Gasteiger partial charge in [0.2, 0.25) is 0 Å². The number of hydrogen-bond donors (Lipinski definition) is 3. The number of hydrogen-bond acceptors (Lipinski definition) is 2. The molecule has 0 amide bonds. The van der Waals surface area contributed by atoms with E-state index in [1.54, 1.807) is 6.07 Å². The van der Waals surface area contributed by atoms with Crippen molar-refractivity contribution in [3.05, 3.63) is 34.5 Å². The lowest BCUT2D eigenvalue weighted by Crippen LogP contribution is -2.12. The van der Waals surface area contributed by atoms with Crippen LogP contribution in [0, 0.1) is 6.92 Å². The Labute approximate surface area is 125 Å². The lowest BCUT2D eigenvalue weighted by atomic mass is 9.84. The van der Waals surface area contributed by atoms with Gasteiger partial charge in [0.25, 0.3) is 0 Å². The number of aromatic nitrogens is 1. The van der Waals surface area contributed by atoms with Crippen molar-refractivity contribution < 1.29 is 9.90 Å². The molecule has 0 spiro atoms. The number of H-pyrrole nitrogens is 1. The molecule has 2 rings (SSSR count). The van der Waals surface area contributed by atoms with Gasteiger partial charge >= 0.3 is 5.97 Å². The molecular weight excluding hydrogens is 264 g/mol. The second-order valence-corrected chi connectivity index (χ2v) is 6.62. The van der Waals surface area contributed by atoms with Crippen LogP contribution in [0.25, 0.3) is 10.9 Å². The molecule has 2 aromatic rings. The molecule has 1 aromatic heterocycles. The molecular formula is C17H24N2O2. The summed E-state index contributed by atoms with van der Waals surface area (Å²) in [4.78, 5) is 14.8. The van der Waals surface area contributed by atoms with Crippen LogP contribution >= 0.6 is 0 Å². The summed E-state index contributed by atoms with van der Waals surface area (Å²) in [5.41, 5.74) is 9.85. The second-order valence-electron chi connectivity index (χ2n) is 6.62. The van der Waals surface area contributed by atoms with Gasteiger partial charge in [0, 0.05) is 11.1 Å². The second kappa shape index (κ2) is 5.53. The number of nitrogens with one attached hydrogen (secondary N) is 1. The number of fused-ring (bicyclic) bond motifs is 1. The van der Waals surface area contributed by atoms with Gasteiger partial charge in [0.1, 0.15) is 0 Å². The minimum atomic E-state index is -0.891. The lowest BCUT2D eigenvalue weighted by molar-refractivity contribution is 0.0698. The van der Waals surface area contributed by atoms with Gasteiger partial charge in [-0.15, -0.1) is 0 Å². The Hall–Kier alpha value is -1.81. The summed E-state index contributed by atoms with van der Waals surface area (Å²) in [6, 6.07) is 3.91. The zero-order valence-corrected chi connectivity index (χ0v) is 13.2. The topological polar surface area (TPSA) is 79.1 Å². The monoisotopic (exact) mass is 288 g/mol. The number of nitrogens with two attached hydrogens (primary N) is 1. The zero-order chi connectivity index (χ0) is 15.8. The lowest BCUT2D eigenvalue weighted by Gasteiger charge is -2.20. The van der Waals surface area contributed by atoms with Gasteiger partial charge in [0.05, 0.1) is 11.1 Å². The maximum Gasteiger partial charge on any atom is 0.337 e. The molecule has 114 valence electrons. The number of carboxylic acid groups (broad SMARTS) is 1. The van der Waals surface area contributed by atoms with Crippen LogP contribution in [0.2, 0.25) is 0 Å². The van der Waals surface area contributed by atoms with Crippen LogP contribution in [0.5, 0.6) is 0 Å². The van der Waals surface area contributed by atoms with Gasteiger partial charge in [-0.2, -0.15) is 0 Å². The largest absolute Gasteiger partial charge is 0.478 e. The molecule has 4 heteroatoms. The molecule has 0 unspecified atom stereocenters. The van der Waals surface area contributed by atoms with Gasteiger partial charge in [-0.25, -0.2) is 4.79 Å². The standard InChI is InChI=1S/C17H24N2O2/c1-10-12(6-5-7-18)13-8-11(17(2,3)4)9-14(16(20)21)15(13)19-10/h8-9,19H,5-7,18H2,1-4H3,(H,20,21). The average molecular weight is 288 g/mol. The Balaban J connectivity index is 2.74. The Morgan fingerprint density at radius 1 is 1.33 bits per heavy atom. The third-order valence-electron chi connectivity index (χ3n) is 3.96. The third kappa shape index (κ3) is 2.95. The van der Waals surface area contributed by atoms with Crippen molar-refractivity contribution in [2.75, 3.05) is 6.54 Å². The van der Waals surface area contributed by atoms with Crippen LogP contribution in [0.15, 0.2) is 12.1 Å². The van der Waals surface area contributed by atoms with E-state index in [2.05, 4.69) is 31.8 Å². The number of aromatic carboxylic acids is 1. The first kappa shape index (κ1) is 15.6. The molecule has 0 saturated heterocycles. The first-order valence-electron chi connectivity index (χ1n) is 7.34. The van der Waals surface area contributed by atoms with E-state index in [-0.39, 0.29) is 5.41 Å². The van der Waals surface area contributed by atoms with E-state index in [1.807, 2.05) is 6.92 Å². The van der Waals surface area contributed by atoms with Crippen LogP contribution in [-0.4, -0.2) is 22.6 Å². The third-order valence-corrected chi connectivity index (χ3v) is 3.96. The quantitative estimate of drug-likeness (QED) is 0.807. The van der Waals surface area contributed by atoms with Crippen LogP contribution in [0.3, 0.4) is 0 Å². The predicted molar refractivity (Wildman–Crippen MR) is 86.1 cm³/mol. The summed E-state index contributed by atoms with van der Waals surface area (Å²) >= 11 is 0. The number of carbonyl (C=O) groups is 1. The predicted octanol–water partition coefficient (Wildman–Crippen LogP) is 3.36. The molecule has 0 aliphatic heterocycles. The molecule has 4 N–H and O–H groups in total. The van der Waals surface area contributed by atoms with Crippen molar-refractivity contribution in [3.63, 3.8) is 0 Å².